The molecule has 2 unspecified atom stereocenters. The number of ether oxygens (including phenoxy) is 1. The van der Waals surface area contributed by atoms with E-state index in [9.17, 15) is 19.5 Å². The van der Waals surface area contributed by atoms with Gasteiger partial charge in [0.15, 0.2) is 0 Å². The van der Waals surface area contributed by atoms with Gasteiger partial charge in [0.2, 0.25) is 5.91 Å². The molecule has 0 radical (unpaired) electrons. The Hall–Kier alpha value is -1.89. The lowest BCUT2D eigenvalue weighted by Crippen LogP contribution is -2.40. The van der Waals surface area contributed by atoms with Crippen LogP contribution in [-0.4, -0.2) is 41.6 Å². The number of carboxylic acids is 1. The van der Waals surface area contributed by atoms with Crippen LogP contribution in [0.2, 0.25) is 0 Å². The third-order valence-corrected chi connectivity index (χ3v) is 6.05. The van der Waals surface area contributed by atoms with Crippen molar-refractivity contribution in [3.8, 4) is 0 Å². The molecule has 1 amide bonds. The Morgan fingerprint density at radius 3 is 2.09 bits per heavy atom. The van der Waals surface area contributed by atoms with Crippen molar-refractivity contribution in [3.63, 3.8) is 0 Å². The molecule has 0 saturated carbocycles. The first-order valence-corrected chi connectivity index (χ1v) is 14.0. The van der Waals surface area contributed by atoms with Crippen molar-refractivity contribution < 1.29 is 24.2 Å². The highest BCUT2D eigenvalue weighted by Crippen LogP contribution is 2.14. The van der Waals surface area contributed by atoms with Gasteiger partial charge in [0.25, 0.3) is 0 Å². The van der Waals surface area contributed by atoms with Crippen molar-refractivity contribution in [3.05, 3.63) is 12.2 Å². The summed E-state index contributed by atoms with van der Waals surface area (Å²) in [5.74, 6) is -1.35. The Balaban J connectivity index is 4.15. The second-order valence-corrected chi connectivity index (χ2v) is 9.46. The van der Waals surface area contributed by atoms with Crippen molar-refractivity contribution in [2.24, 2.45) is 5.73 Å². The molecule has 0 spiro atoms. The van der Waals surface area contributed by atoms with Gasteiger partial charge in [-0.2, -0.15) is 0 Å². The number of nitrogens with two attached hydrogens (primary N) is 1. The molecule has 0 bridgehead atoms. The lowest BCUT2D eigenvalue weighted by Gasteiger charge is -2.15. The fourth-order valence-corrected chi connectivity index (χ4v) is 3.89. The van der Waals surface area contributed by atoms with Gasteiger partial charge in [-0.15, -0.1) is 0 Å². The molecule has 35 heavy (non-hydrogen) atoms. The van der Waals surface area contributed by atoms with E-state index in [1.54, 1.807) is 0 Å². The molecule has 0 aromatic heterocycles. The highest BCUT2D eigenvalue weighted by molar-refractivity contribution is 5.83. The highest BCUT2D eigenvalue weighted by Gasteiger charge is 2.18. The molecule has 204 valence electrons. The summed E-state index contributed by atoms with van der Waals surface area (Å²) in [7, 11) is 0. The first kappa shape index (κ1) is 33.1. The van der Waals surface area contributed by atoms with Gasteiger partial charge in [0.1, 0.15) is 12.1 Å². The number of hydrogen-bond donors (Lipinski definition) is 3. The molecule has 0 aliphatic carbocycles. The zero-order valence-electron chi connectivity index (χ0n) is 22.4. The van der Waals surface area contributed by atoms with Crippen LogP contribution >= 0.6 is 0 Å². The summed E-state index contributed by atoms with van der Waals surface area (Å²) in [5.41, 5.74) is 5.42. The summed E-state index contributed by atoms with van der Waals surface area (Å²) in [6.45, 7) is 4.74. The Morgan fingerprint density at radius 2 is 1.46 bits per heavy atom. The molecule has 0 aliphatic rings. The van der Waals surface area contributed by atoms with Gasteiger partial charge in [-0.1, -0.05) is 77.7 Å². The summed E-state index contributed by atoms with van der Waals surface area (Å²) < 4.78 is 5.73. The maximum atomic E-state index is 12.3. The van der Waals surface area contributed by atoms with Crippen LogP contribution in [0.3, 0.4) is 0 Å². The molecule has 0 aromatic rings. The number of carbonyl (C=O) groups is 3. The molecule has 0 aromatic carbocycles. The van der Waals surface area contributed by atoms with E-state index in [2.05, 4.69) is 25.2 Å². The van der Waals surface area contributed by atoms with E-state index in [1.807, 2.05) is 6.08 Å². The third-order valence-electron chi connectivity index (χ3n) is 6.05. The van der Waals surface area contributed by atoms with E-state index < -0.39 is 12.0 Å². The first-order chi connectivity index (χ1) is 16.9. The maximum absolute atomic E-state index is 12.3. The van der Waals surface area contributed by atoms with Crippen molar-refractivity contribution in [2.75, 3.05) is 6.54 Å². The summed E-state index contributed by atoms with van der Waals surface area (Å²) in [4.78, 5) is 35.5. The number of hydrogen-bond acceptors (Lipinski definition) is 5. The van der Waals surface area contributed by atoms with Gasteiger partial charge < -0.3 is 20.9 Å². The van der Waals surface area contributed by atoms with Gasteiger partial charge in [0.05, 0.1) is 0 Å². The van der Waals surface area contributed by atoms with Gasteiger partial charge in [-0.25, -0.2) is 4.79 Å². The maximum Gasteiger partial charge on any atom is 0.326 e. The number of esters is 1. The normalized spacial score (nSPS) is 13.0. The fourth-order valence-electron chi connectivity index (χ4n) is 3.89. The van der Waals surface area contributed by atoms with E-state index in [0.717, 1.165) is 51.4 Å². The number of amides is 1. The second-order valence-electron chi connectivity index (χ2n) is 9.46. The number of carboxylic acid groups (broad SMARTS) is 1. The van der Waals surface area contributed by atoms with E-state index in [1.165, 1.54) is 32.1 Å². The quantitative estimate of drug-likeness (QED) is 0.0851. The highest BCUT2D eigenvalue weighted by atomic mass is 16.5. The van der Waals surface area contributed by atoms with Gasteiger partial charge in [-0.3, -0.25) is 9.59 Å². The second kappa shape index (κ2) is 23.8. The molecule has 2 atom stereocenters. The Labute approximate surface area is 213 Å². The van der Waals surface area contributed by atoms with E-state index in [4.69, 9.17) is 10.5 Å². The predicted octanol–water partition coefficient (Wildman–Crippen LogP) is 6.04. The van der Waals surface area contributed by atoms with Gasteiger partial charge in [0, 0.05) is 12.8 Å². The van der Waals surface area contributed by atoms with Crippen LogP contribution in [0.1, 0.15) is 129 Å². The van der Waals surface area contributed by atoms with Crippen LogP contribution in [0.5, 0.6) is 0 Å². The van der Waals surface area contributed by atoms with Crippen LogP contribution in [0.4, 0.5) is 0 Å². The average molecular weight is 497 g/mol. The largest absolute Gasteiger partial charge is 0.480 e. The van der Waals surface area contributed by atoms with E-state index in [0.29, 0.717) is 38.6 Å². The Bertz CT molecular complexity index is 580. The predicted molar refractivity (Wildman–Crippen MR) is 142 cm³/mol. The minimum Gasteiger partial charge on any atom is -0.480 e. The number of rotatable bonds is 24. The van der Waals surface area contributed by atoms with Crippen molar-refractivity contribution in [1.82, 2.24) is 5.32 Å². The first-order valence-electron chi connectivity index (χ1n) is 14.0. The zero-order chi connectivity index (χ0) is 26.2. The molecular weight excluding hydrogens is 444 g/mol. The van der Waals surface area contributed by atoms with Crippen molar-refractivity contribution in [1.29, 1.82) is 0 Å². The molecule has 0 saturated heterocycles. The zero-order valence-corrected chi connectivity index (χ0v) is 22.4. The van der Waals surface area contributed by atoms with Crippen LogP contribution in [-0.2, 0) is 19.1 Å². The SMILES string of the molecule is CCC/C=C\C(CCCCCCC(=O)NC(CCCN)C(=O)O)OC(=O)CCCCCCCCC. The monoisotopic (exact) mass is 496 g/mol. The van der Waals surface area contributed by atoms with Gasteiger partial charge in [-0.05, 0) is 57.6 Å². The van der Waals surface area contributed by atoms with E-state index in [-0.39, 0.29) is 18.0 Å². The Morgan fingerprint density at radius 1 is 0.829 bits per heavy atom. The van der Waals surface area contributed by atoms with Gasteiger partial charge >= 0.3 is 11.9 Å². The van der Waals surface area contributed by atoms with Crippen LogP contribution in [0, 0.1) is 0 Å². The topological polar surface area (TPSA) is 119 Å². The van der Waals surface area contributed by atoms with Crippen molar-refractivity contribution in [2.45, 2.75) is 142 Å². The summed E-state index contributed by atoms with van der Waals surface area (Å²) in [6.07, 6.45) is 20.2. The molecule has 4 N–H and O–H groups in total. The molecule has 0 fully saturated rings. The number of nitrogens with one attached hydrogen (secondary N) is 1. The number of allylic oxidation sites excluding steroid dienone is 1. The molecule has 7 nitrogen and oxygen atoms in total. The minimum atomic E-state index is -1.02. The summed E-state index contributed by atoms with van der Waals surface area (Å²) in [5, 5.41) is 11.8. The summed E-state index contributed by atoms with van der Waals surface area (Å²) >= 11 is 0. The lowest BCUT2D eigenvalue weighted by atomic mass is 10.1. The smallest absolute Gasteiger partial charge is 0.326 e. The van der Waals surface area contributed by atoms with Crippen molar-refractivity contribution >= 4 is 17.8 Å². The summed E-state index contributed by atoms with van der Waals surface area (Å²) in [6, 6.07) is -0.863. The number of aliphatic carboxylic acids is 1. The van der Waals surface area contributed by atoms with Crippen LogP contribution in [0.15, 0.2) is 12.2 Å². The van der Waals surface area contributed by atoms with Crippen LogP contribution in [0.25, 0.3) is 0 Å². The molecule has 0 rings (SSSR count). The fraction of sp³-hybridized carbons (Fsp3) is 0.821. The standard InChI is InChI=1S/C28H52N2O5/c1-3-5-7-8-9-10-16-22-27(32)35-24(18-13-6-4-2)19-14-11-12-15-21-26(31)30-25(28(33)34)20-17-23-29/h13,18,24-25H,3-12,14-17,19-23,29H2,1-2H3,(H,30,31)(H,33,34)/b18-13-. The van der Waals surface area contributed by atoms with Crippen LogP contribution < -0.4 is 11.1 Å². The molecule has 0 heterocycles. The third kappa shape index (κ3) is 21.1. The number of carbonyl (C=O) groups excluding carboxylic acids is 2. The van der Waals surface area contributed by atoms with E-state index >= 15 is 0 Å². The average Bonchev–Trinajstić information content (AvgIpc) is 2.83. The molecular formula is C28H52N2O5. The Kier molecular flexibility index (Phi) is 22.5. The molecule has 7 heteroatoms. The minimum absolute atomic E-state index is 0.107. The lowest BCUT2D eigenvalue weighted by molar-refractivity contribution is -0.147. The molecule has 0 aliphatic heterocycles. The number of unbranched alkanes of at least 4 members (excludes halogenated alkanes) is 10.